The van der Waals surface area contributed by atoms with E-state index in [1.165, 1.54) is 0 Å². The molecule has 1 amide bonds. The van der Waals surface area contributed by atoms with Gasteiger partial charge in [0.2, 0.25) is 5.91 Å². The maximum atomic E-state index is 12.5. The second kappa shape index (κ2) is 7.49. The summed E-state index contributed by atoms with van der Waals surface area (Å²) < 4.78 is 10.6. The molecule has 1 aliphatic rings. The maximum absolute atomic E-state index is 12.5. The van der Waals surface area contributed by atoms with Crippen LogP contribution >= 0.6 is 0 Å². The van der Waals surface area contributed by atoms with Gasteiger partial charge in [0.05, 0.1) is 25.8 Å². The number of carbonyl (C=O) groups is 1. The lowest BCUT2D eigenvalue weighted by Gasteiger charge is -2.34. The Kier molecular flexibility index (Phi) is 5.15. The van der Waals surface area contributed by atoms with Gasteiger partial charge in [0.15, 0.2) is 5.76 Å². The first-order valence-electron chi connectivity index (χ1n) is 8.20. The van der Waals surface area contributed by atoms with Crippen LogP contribution in [0.1, 0.15) is 17.0 Å². The Balaban J connectivity index is 1.51. The monoisotopic (exact) mass is 329 g/mol. The molecule has 1 aromatic carbocycles. The largest absolute Gasteiger partial charge is 0.496 e. The van der Waals surface area contributed by atoms with Crippen LogP contribution in [0.2, 0.25) is 0 Å². The van der Waals surface area contributed by atoms with Crippen molar-refractivity contribution < 1.29 is 14.1 Å². The number of hydrogen-bond acceptors (Lipinski definition) is 5. The molecule has 1 fully saturated rings. The standard InChI is InChI=1S/C18H23N3O3/c1-14-11-16(24-19-14)13-20-7-9-21(10-8-20)18(22)12-15-5-3-4-6-17(15)23-2/h3-6,11H,7-10,12-13H2,1-2H3. The molecular weight excluding hydrogens is 306 g/mol. The molecule has 0 saturated carbocycles. The molecule has 0 N–H and O–H groups in total. The number of aryl methyl sites for hydroxylation is 1. The summed E-state index contributed by atoms with van der Waals surface area (Å²) in [5.41, 5.74) is 1.83. The fourth-order valence-corrected chi connectivity index (χ4v) is 2.99. The van der Waals surface area contributed by atoms with E-state index in [-0.39, 0.29) is 5.91 Å². The fraction of sp³-hybridized carbons (Fsp3) is 0.444. The zero-order valence-electron chi connectivity index (χ0n) is 14.2. The lowest BCUT2D eigenvalue weighted by atomic mass is 10.1. The highest BCUT2D eigenvalue weighted by atomic mass is 16.5. The number of para-hydroxylation sites is 1. The van der Waals surface area contributed by atoms with Crippen LogP contribution < -0.4 is 4.74 Å². The van der Waals surface area contributed by atoms with E-state index in [2.05, 4.69) is 10.1 Å². The quantitative estimate of drug-likeness (QED) is 0.838. The van der Waals surface area contributed by atoms with Gasteiger partial charge in [0.1, 0.15) is 5.75 Å². The van der Waals surface area contributed by atoms with Crippen LogP contribution in [0.4, 0.5) is 0 Å². The molecule has 0 aliphatic carbocycles. The predicted molar refractivity (Wildman–Crippen MR) is 89.8 cm³/mol. The van der Waals surface area contributed by atoms with E-state index in [1.807, 2.05) is 42.2 Å². The van der Waals surface area contributed by atoms with Crippen molar-refractivity contribution in [2.75, 3.05) is 33.3 Å². The molecule has 2 aromatic rings. The van der Waals surface area contributed by atoms with E-state index in [0.717, 1.165) is 55.5 Å². The Hall–Kier alpha value is -2.34. The molecule has 0 unspecified atom stereocenters. The number of amides is 1. The minimum atomic E-state index is 0.148. The van der Waals surface area contributed by atoms with Crippen LogP contribution in [-0.2, 0) is 17.8 Å². The zero-order chi connectivity index (χ0) is 16.9. The Bertz CT molecular complexity index is 690. The van der Waals surface area contributed by atoms with E-state index in [9.17, 15) is 4.79 Å². The van der Waals surface area contributed by atoms with E-state index in [0.29, 0.717) is 6.42 Å². The van der Waals surface area contributed by atoms with Gasteiger partial charge in [-0.1, -0.05) is 23.4 Å². The van der Waals surface area contributed by atoms with Crippen molar-refractivity contribution >= 4 is 5.91 Å². The second-order valence-corrected chi connectivity index (χ2v) is 6.08. The van der Waals surface area contributed by atoms with Gasteiger partial charge < -0.3 is 14.2 Å². The third kappa shape index (κ3) is 3.94. The predicted octanol–water partition coefficient (Wildman–Crippen LogP) is 1.88. The first kappa shape index (κ1) is 16.5. The second-order valence-electron chi connectivity index (χ2n) is 6.08. The summed E-state index contributed by atoms with van der Waals surface area (Å²) >= 11 is 0. The van der Waals surface area contributed by atoms with Crippen LogP contribution in [0, 0.1) is 6.92 Å². The summed E-state index contributed by atoms with van der Waals surface area (Å²) in [6.07, 6.45) is 0.380. The third-order valence-electron chi connectivity index (χ3n) is 4.32. The summed E-state index contributed by atoms with van der Waals surface area (Å²) in [5.74, 6) is 1.79. The molecule has 1 aliphatic heterocycles. The summed E-state index contributed by atoms with van der Waals surface area (Å²) in [6, 6.07) is 9.64. The number of rotatable bonds is 5. The van der Waals surface area contributed by atoms with E-state index in [1.54, 1.807) is 7.11 Å². The first-order valence-corrected chi connectivity index (χ1v) is 8.20. The summed E-state index contributed by atoms with van der Waals surface area (Å²) in [6.45, 7) is 5.83. The van der Waals surface area contributed by atoms with Crippen molar-refractivity contribution in [3.63, 3.8) is 0 Å². The number of piperazine rings is 1. The number of ether oxygens (including phenoxy) is 1. The molecule has 0 bridgehead atoms. The van der Waals surface area contributed by atoms with Crippen LogP contribution in [-0.4, -0.2) is 54.2 Å². The SMILES string of the molecule is COc1ccccc1CC(=O)N1CCN(Cc2cc(C)no2)CC1. The van der Waals surface area contributed by atoms with Gasteiger partial charge in [-0.05, 0) is 13.0 Å². The molecular formula is C18H23N3O3. The molecule has 0 radical (unpaired) electrons. The number of methoxy groups -OCH3 is 1. The highest BCUT2D eigenvalue weighted by Crippen LogP contribution is 2.19. The zero-order valence-corrected chi connectivity index (χ0v) is 14.2. The van der Waals surface area contributed by atoms with Gasteiger partial charge >= 0.3 is 0 Å². The van der Waals surface area contributed by atoms with Gasteiger partial charge in [-0.25, -0.2) is 0 Å². The Labute approximate surface area is 142 Å². The normalized spacial score (nSPS) is 15.5. The van der Waals surface area contributed by atoms with Crippen LogP contribution in [0.3, 0.4) is 0 Å². The van der Waals surface area contributed by atoms with E-state index < -0.39 is 0 Å². The Morgan fingerprint density at radius 1 is 1.25 bits per heavy atom. The minimum absolute atomic E-state index is 0.148. The molecule has 1 saturated heterocycles. The maximum Gasteiger partial charge on any atom is 0.227 e. The van der Waals surface area contributed by atoms with Gasteiger partial charge in [0, 0.05) is 37.8 Å². The number of nitrogens with zero attached hydrogens (tertiary/aromatic N) is 3. The summed E-state index contributed by atoms with van der Waals surface area (Å²) in [4.78, 5) is 16.7. The van der Waals surface area contributed by atoms with Gasteiger partial charge in [0.25, 0.3) is 0 Å². The lowest BCUT2D eigenvalue weighted by molar-refractivity contribution is -0.132. The molecule has 24 heavy (non-hydrogen) atoms. The Morgan fingerprint density at radius 2 is 2.00 bits per heavy atom. The van der Waals surface area contributed by atoms with Crippen LogP contribution in [0.15, 0.2) is 34.9 Å². The Morgan fingerprint density at radius 3 is 2.67 bits per heavy atom. The molecule has 0 atom stereocenters. The van der Waals surface area contributed by atoms with E-state index >= 15 is 0 Å². The summed E-state index contributed by atoms with van der Waals surface area (Å²) in [7, 11) is 1.63. The van der Waals surface area contributed by atoms with E-state index in [4.69, 9.17) is 9.26 Å². The molecule has 128 valence electrons. The fourth-order valence-electron chi connectivity index (χ4n) is 2.99. The van der Waals surface area contributed by atoms with Gasteiger partial charge in [-0.3, -0.25) is 9.69 Å². The minimum Gasteiger partial charge on any atom is -0.496 e. The number of benzene rings is 1. The topological polar surface area (TPSA) is 58.8 Å². The lowest BCUT2D eigenvalue weighted by Crippen LogP contribution is -2.48. The first-order chi connectivity index (χ1) is 11.7. The van der Waals surface area contributed by atoms with Crippen molar-refractivity contribution in [1.29, 1.82) is 0 Å². The molecule has 0 spiro atoms. The average molecular weight is 329 g/mol. The number of hydrogen-bond donors (Lipinski definition) is 0. The van der Waals surface area contributed by atoms with Crippen molar-refractivity contribution in [2.24, 2.45) is 0 Å². The third-order valence-corrected chi connectivity index (χ3v) is 4.32. The summed E-state index contributed by atoms with van der Waals surface area (Å²) in [5, 5.41) is 3.91. The number of carbonyl (C=O) groups excluding carboxylic acids is 1. The molecule has 6 nitrogen and oxygen atoms in total. The van der Waals surface area contributed by atoms with Crippen molar-refractivity contribution in [1.82, 2.24) is 15.0 Å². The molecule has 6 heteroatoms. The van der Waals surface area contributed by atoms with Crippen molar-refractivity contribution in [3.8, 4) is 5.75 Å². The van der Waals surface area contributed by atoms with Crippen molar-refractivity contribution in [3.05, 3.63) is 47.3 Å². The number of aromatic nitrogens is 1. The smallest absolute Gasteiger partial charge is 0.227 e. The van der Waals surface area contributed by atoms with Crippen molar-refractivity contribution in [2.45, 2.75) is 19.9 Å². The van der Waals surface area contributed by atoms with Crippen LogP contribution in [0.25, 0.3) is 0 Å². The van der Waals surface area contributed by atoms with Crippen LogP contribution in [0.5, 0.6) is 5.75 Å². The molecule has 3 rings (SSSR count). The highest BCUT2D eigenvalue weighted by Gasteiger charge is 2.22. The average Bonchev–Trinajstić information content (AvgIpc) is 3.01. The molecule has 1 aromatic heterocycles. The van der Waals surface area contributed by atoms with Gasteiger partial charge in [-0.15, -0.1) is 0 Å². The highest BCUT2D eigenvalue weighted by molar-refractivity contribution is 5.79. The molecule has 2 heterocycles. The van der Waals surface area contributed by atoms with Gasteiger partial charge in [-0.2, -0.15) is 0 Å².